The SMILES string of the molecule is BN(C(=O)C(F)(F)c1ccc(Cl)cc1)C(B)(B)c1ccc2c(c1)CN([C@@]1(B)C(=O)NC(=O)CC1(B)B)C2=O. The normalized spacial score (nSPS) is 21.1. The molecule has 0 unspecified atom stereocenters. The molecule has 2 aliphatic heterocycles. The van der Waals surface area contributed by atoms with Gasteiger partial charge < -0.3 is 9.71 Å². The summed E-state index contributed by atoms with van der Waals surface area (Å²) in [4.78, 5) is 53.9. The number of piperidine rings is 1. The lowest BCUT2D eigenvalue weighted by Crippen LogP contribution is -2.70. The average Bonchev–Trinajstić information content (AvgIpc) is 3.17. The lowest BCUT2D eigenvalue weighted by Gasteiger charge is -2.51. The number of carbonyl (C=O) groups excluding carboxylic acids is 4. The van der Waals surface area contributed by atoms with Gasteiger partial charge in [0, 0.05) is 29.1 Å². The van der Waals surface area contributed by atoms with Crippen molar-refractivity contribution in [3.63, 3.8) is 0 Å². The molecule has 4 rings (SSSR count). The van der Waals surface area contributed by atoms with Gasteiger partial charge in [-0.25, -0.2) is 0 Å². The van der Waals surface area contributed by atoms with Crippen LogP contribution in [0, 0.1) is 0 Å². The number of imide groups is 1. The van der Waals surface area contributed by atoms with Crippen molar-refractivity contribution < 1.29 is 28.0 Å². The van der Waals surface area contributed by atoms with Gasteiger partial charge in [-0.1, -0.05) is 41.1 Å². The molecule has 16 heteroatoms. The fraction of sp³-hybridized carbons (Fsp3) is 0.273. The third kappa shape index (κ3) is 4.19. The number of benzene rings is 2. The van der Waals surface area contributed by atoms with E-state index in [1.807, 2.05) is 0 Å². The van der Waals surface area contributed by atoms with Crippen molar-refractivity contribution in [1.82, 2.24) is 15.0 Å². The van der Waals surface area contributed by atoms with Gasteiger partial charge in [-0.2, -0.15) is 8.78 Å². The van der Waals surface area contributed by atoms with Gasteiger partial charge in [0.1, 0.15) is 39.2 Å². The predicted octanol–water partition coefficient (Wildman–Crippen LogP) is -3.40. The van der Waals surface area contributed by atoms with E-state index in [2.05, 4.69) is 5.32 Å². The van der Waals surface area contributed by atoms with Crippen LogP contribution in [-0.4, -0.2) is 86.0 Å². The van der Waals surface area contributed by atoms with Crippen LogP contribution in [0.25, 0.3) is 0 Å². The third-order valence-electron chi connectivity index (χ3n) is 8.39. The Morgan fingerprint density at radius 3 is 2.18 bits per heavy atom. The van der Waals surface area contributed by atoms with Crippen molar-refractivity contribution in [3.05, 3.63) is 69.7 Å². The van der Waals surface area contributed by atoms with Crippen LogP contribution in [0.4, 0.5) is 8.78 Å². The Bertz CT molecular complexity index is 1380. The summed E-state index contributed by atoms with van der Waals surface area (Å²) in [7, 11) is 9.79. The number of fused-ring (bicyclic) bond motifs is 1. The Morgan fingerprint density at radius 1 is 1.03 bits per heavy atom. The van der Waals surface area contributed by atoms with Crippen molar-refractivity contribution in [3.8, 4) is 0 Å². The highest BCUT2D eigenvalue weighted by Crippen LogP contribution is 2.45. The molecule has 1 fully saturated rings. The number of hydrogen-bond acceptors (Lipinski definition) is 4. The largest absolute Gasteiger partial charge is 0.393 e. The molecular formula is C22H24B6ClF2N3O4. The molecule has 2 heterocycles. The fourth-order valence-corrected chi connectivity index (χ4v) is 5.29. The first kappa shape index (κ1) is 28.1. The number of alkyl halides is 2. The molecule has 2 aromatic rings. The van der Waals surface area contributed by atoms with Crippen LogP contribution >= 0.6 is 11.6 Å². The van der Waals surface area contributed by atoms with E-state index in [4.69, 9.17) is 11.6 Å². The highest BCUT2D eigenvalue weighted by atomic mass is 35.5. The Hall–Kier alpha value is -2.94. The highest BCUT2D eigenvalue weighted by Gasteiger charge is 2.57. The first-order valence-electron chi connectivity index (χ1n) is 12.2. The Kier molecular flexibility index (Phi) is 6.70. The van der Waals surface area contributed by atoms with Crippen molar-refractivity contribution in [1.29, 1.82) is 0 Å². The van der Waals surface area contributed by atoms with Crippen molar-refractivity contribution in [2.45, 2.75) is 34.9 Å². The van der Waals surface area contributed by atoms with Crippen molar-refractivity contribution >= 4 is 82.4 Å². The van der Waals surface area contributed by atoms with Gasteiger partial charge in [0.2, 0.25) is 19.8 Å². The predicted molar refractivity (Wildman–Crippen MR) is 155 cm³/mol. The minimum absolute atomic E-state index is 0.0718. The average molecular weight is 533 g/mol. The molecule has 38 heavy (non-hydrogen) atoms. The lowest BCUT2D eigenvalue weighted by atomic mass is 9.36. The monoisotopic (exact) mass is 533 g/mol. The number of nitrogens with one attached hydrogen (secondary N) is 1. The second-order valence-electron chi connectivity index (χ2n) is 11.3. The van der Waals surface area contributed by atoms with Crippen LogP contribution < -0.4 is 5.32 Å². The van der Waals surface area contributed by atoms with E-state index < -0.39 is 45.2 Å². The van der Waals surface area contributed by atoms with E-state index in [-0.39, 0.29) is 23.9 Å². The second-order valence-corrected chi connectivity index (χ2v) is 11.7. The molecule has 0 saturated carbocycles. The van der Waals surface area contributed by atoms with Gasteiger partial charge in [0.15, 0.2) is 0 Å². The minimum atomic E-state index is -3.79. The number of amides is 4. The number of hydrogen-bond donors (Lipinski definition) is 1. The van der Waals surface area contributed by atoms with E-state index in [1.54, 1.807) is 57.4 Å². The van der Waals surface area contributed by atoms with Crippen LogP contribution in [0.1, 0.15) is 33.5 Å². The Morgan fingerprint density at radius 2 is 1.61 bits per heavy atom. The molecule has 0 radical (unpaired) electrons. The van der Waals surface area contributed by atoms with E-state index in [1.165, 1.54) is 25.0 Å². The molecule has 2 aliphatic rings. The molecule has 7 nitrogen and oxygen atoms in total. The smallest absolute Gasteiger partial charge is 0.348 e. The number of nitrogens with zero attached hydrogens (tertiary/aromatic N) is 2. The van der Waals surface area contributed by atoms with Crippen LogP contribution in [0.5, 0.6) is 0 Å². The van der Waals surface area contributed by atoms with Gasteiger partial charge >= 0.3 is 5.92 Å². The topological polar surface area (TPSA) is 86.8 Å². The van der Waals surface area contributed by atoms with Gasteiger partial charge in [-0.3, -0.25) is 24.5 Å². The zero-order valence-corrected chi connectivity index (χ0v) is 22.9. The molecule has 0 aromatic heterocycles. The van der Waals surface area contributed by atoms with E-state index in [9.17, 15) is 19.2 Å². The molecule has 2 aromatic carbocycles. The molecule has 1 N–H and O–H groups in total. The quantitative estimate of drug-likeness (QED) is 0.321. The van der Waals surface area contributed by atoms with E-state index >= 15 is 8.78 Å². The molecule has 190 valence electrons. The molecule has 0 aliphatic carbocycles. The number of halogens is 3. The van der Waals surface area contributed by atoms with Crippen LogP contribution in [-0.2, 0) is 32.2 Å². The Labute approximate surface area is 229 Å². The zero-order chi connectivity index (χ0) is 28.4. The van der Waals surface area contributed by atoms with Crippen LogP contribution in [0.15, 0.2) is 42.5 Å². The summed E-state index contributed by atoms with van der Waals surface area (Å²) in [5.74, 6) is -6.47. The van der Waals surface area contributed by atoms with E-state index in [0.29, 0.717) is 16.7 Å². The summed E-state index contributed by atoms with van der Waals surface area (Å²) >= 11 is 5.81. The van der Waals surface area contributed by atoms with Gasteiger partial charge in [-0.05, 0) is 34.7 Å². The lowest BCUT2D eigenvalue weighted by molar-refractivity contribution is -0.155. The molecule has 0 spiro atoms. The van der Waals surface area contributed by atoms with Crippen molar-refractivity contribution in [2.24, 2.45) is 0 Å². The summed E-state index contributed by atoms with van der Waals surface area (Å²) in [6, 6.07) is 9.77. The summed E-state index contributed by atoms with van der Waals surface area (Å²) < 4.78 is 30.3. The highest BCUT2D eigenvalue weighted by molar-refractivity contribution is 6.52. The van der Waals surface area contributed by atoms with E-state index in [0.717, 1.165) is 16.9 Å². The fourth-order valence-electron chi connectivity index (χ4n) is 5.16. The van der Waals surface area contributed by atoms with Crippen LogP contribution in [0.3, 0.4) is 0 Å². The summed E-state index contributed by atoms with van der Waals surface area (Å²) in [5.41, 5.74) is -0.231. The third-order valence-corrected chi connectivity index (χ3v) is 8.64. The Balaban J connectivity index is 1.64. The maximum absolute atomic E-state index is 15.1. The van der Waals surface area contributed by atoms with Gasteiger partial charge in [-0.15, -0.1) is 0 Å². The number of carbonyl (C=O) groups is 4. The maximum Gasteiger partial charge on any atom is 0.348 e. The molecule has 1 saturated heterocycles. The summed E-state index contributed by atoms with van der Waals surface area (Å²) in [6.07, 6.45) is 0.0718. The van der Waals surface area contributed by atoms with Gasteiger partial charge in [0.25, 0.3) is 11.8 Å². The molecular weight excluding hydrogens is 509 g/mol. The first-order chi connectivity index (χ1) is 17.4. The molecule has 1 atom stereocenters. The van der Waals surface area contributed by atoms with Gasteiger partial charge in [0.05, 0.1) is 5.44 Å². The standard InChI is InChI=1S/C22H24B6ClF2N3O4/c23-19(24)8-15(35)32-17(37)21(19,25)33-9-10-7-12(3-6-14(10)16(33)36)22(26,27)34(28)18(38)20(30,31)11-1-4-13(29)5-2-11/h1-7H,8-9,23-28H2,(H,32,35,37)/t21-/m0/s1. The zero-order valence-electron chi connectivity index (χ0n) is 22.1. The number of rotatable bonds is 5. The maximum atomic E-state index is 15.1. The van der Waals surface area contributed by atoms with Crippen LogP contribution in [0.2, 0.25) is 10.2 Å². The van der Waals surface area contributed by atoms with Crippen molar-refractivity contribution in [2.75, 3.05) is 0 Å². The molecule has 4 amide bonds. The minimum Gasteiger partial charge on any atom is -0.393 e. The summed E-state index contributed by atoms with van der Waals surface area (Å²) in [5, 5.41) is 0.631. The summed E-state index contributed by atoms with van der Waals surface area (Å²) in [6.45, 7) is 0.0955. The first-order valence-corrected chi connectivity index (χ1v) is 12.5. The second kappa shape index (κ2) is 9.07. The molecule has 0 bridgehead atoms.